The van der Waals surface area contributed by atoms with Crippen LogP contribution in [0.25, 0.3) is 10.4 Å². The summed E-state index contributed by atoms with van der Waals surface area (Å²) in [7, 11) is 0. The van der Waals surface area contributed by atoms with Crippen LogP contribution in [0.5, 0.6) is 0 Å². The molecule has 8 atom stereocenters. The Morgan fingerprint density at radius 3 is 0.896 bits per heavy atom. The SMILES string of the molecule is CCCCCCCCCCCOC(=O)CCCCCN(CCCN=[N+]=[N-])C(CCC)(C(C)CCCCCCCC)C(C(C)CCCCCCCC)(C(C)CCCCCCCC)C(C(C)CCCCCCCC)(C(C)CCCCCCCC)C(C(=O)O)(C(C)CCCCCCCC)C(C)CCCCCCCC. The zero-order valence-corrected chi connectivity index (χ0v) is 75.3. The molecule has 0 aliphatic carbocycles. The predicted octanol–water partition coefficient (Wildman–Crippen LogP) is 33.9. The van der Waals surface area contributed by atoms with Crippen molar-refractivity contribution in [3.05, 3.63) is 10.4 Å². The Kier molecular flexibility index (Phi) is 68.7. The van der Waals surface area contributed by atoms with Gasteiger partial charge in [0.15, 0.2) is 0 Å². The van der Waals surface area contributed by atoms with Crippen LogP contribution in [0.2, 0.25) is 0 Å². The van der Waals surface area contributed by atoms with Crippen LogP contribution < -0.4 is 0 Å². The lowest BCUT2D eigenvalue weighted by Gasteiger charge is -2.78. The van der Waals surface area contributed by atoms with Gasteiger partial charge in [-0.15, -0.1) is 0 Å². The normalized spacial score (nSPS) is 16.3. The Balaban J connectivity index is 10.6. The Morgan fingerprint density at radius 1 is 0.330 bits per heavy atom. The topological polar surface area (TPSA) is 116 Å². The van der Waals surface area contributed by atoms with Crippen LogP contribution in [0.15, 0.2) is 5.11 Å². The van der Waals surface area contributed by atoms with Crippen LogP contribution in [0.1, 0.15) is 528 Å². The molecule has 1 N–H and O–H groups in total. The van der Waals surface area contributed by atoms with E-state index in [-0.39, 0.29) is 47.4 Å². The molecule has 0 saturated heterocycles. The number of nitrogens with zero attached hydrogens (tertiary/aromatic N) is 4. The summed E-state index contributed by atoms with van der Waals surface area (Å²) < 4.78 is 6.04. The van der Waals surface area contributed by atoms with Crippen LogP contribution in [-0.4, -0.2) is 53.7 Å². The number of ether oxygens (including phenoxy) is 1. The highest BCUT2D eigenvalue weighted by Gasteiger charge is 2.79. The third kappa shape index (κ3) is 38.4. The Labute approximate surface area is 665 Å². The van der Waals surface area contributed by atoms with Crippen LogP contribution in [0, 0.1) is 57.7 Å². The molecule has 0 spiro atoms. The van der Waals surface area contributed by atoms with E-state index in [0.717, 1.165) is 135 Å². The Bertz CT molecular complexity index is 1920. The average Bonchev–Trinajstić information content (AvgIpc) is 0.654. The molecule has 0 aliphatic rings. The Hall–Kier alpha value is -1.79. The van der Waals surface area contributed by atoms with E-state index in [0.29, 0.717) is 19.6 Å². The van der Waals surface area contributed by atoms with Crippen LogP contribution in [0.3, 0.4) is 0 Å². The maximum Gasteiger partial charge on any atom is 0.310 e. The van der Waals surface area contributed by atoms with Gasteiger partial charge in [0.2, 0.25) is 0 Å². The van der Waals surface area contributed by atoms with Gasteiger partial charge in [-0.25, -0.2) is 0 Å². The second-order valence-electron chi connectivity index (χ2n) is 35.9. The van der Waals surface area contributed by atoms with Crippen molar-refractivity contribution in [2.45, 2.75) is 534 Å². The summed E-state index contributed by atoms with van der Waals surface area (Å²) in [4.78, 5) is 38.0. The smallest absolute Gasteiger partial charge is 0.310 e. The molecule has 106 heavy (non-hydrogen) atoms. The lowest BCUT2D eigenvalue weighted by Crippen LogP contribution is -2.80. The van der Waals surface area contributed by atoms with Gasteiger partial charge in [-0.1, -0.05) is 475 Å². The largest absolute Gasteiger partial charge is 0.481 e. The molecule has 0 aromatic heterocycles. The van der Waals surface area contributed by atoms with Crippen molar-refractivity contribution in [2.75, 3.05) is 26.2 Å². The van der Waals surface area contributed by atoms with E-state index in [1.165, 1.54) is 289 Å². The number of esters is 1. The molecule has 0 heterocycles. The molecule has 0 rings (SSSR count). The van der Waals surface area contributed by atoms with Gasteiger partial charge in [0, 0.05) is 28.8 Å². The van der Waals surface area contributed by atoms with Crippen molar-refractivity contribution >= 4 is 11.9 Å². The number of azide groups is 1. The van der Waals surface area contributed by atoms with E-state index in [1.54, 1.807) is 0 Å². The molecule has 8 nitrogen and oxygen atoms in total. The molecule has 0 aromatic rings. The number of carbonyl (C=O) groups is 2. The summed E-state index contributed by atoms with van der Waals surface area (Å²) in [5.41, 5.74) is 7.57. The minimum absolute atomic E-state index is 0.0385. The van der Waals surface area contributed by atoms with Gasteiger partial charge < -0.3 is 9.84 Å². The summed E-state index contributed by atoms with van der Waals surface area (Å²) >= 11 is 0. The van der Waals surface area contributed by atoms with Crippen LogP contribution in [0.4, 0.5) is 0 Å². The molecule has 0 saturated carbocycles. The fourth-order valence-corrected chi connectivity index (χ4v) is 22.4. The first-order valence-electron chi connectivity index (χ1n) is 48.7. The van der Waals surface area contributed by atoms with Gasteiger partial charge in [0.05, 0.1) is 12.0 Å². The second kappa shape index (κ2) is 69.9. The van der Waals surface area contributed by atoms with E-state index in [1.807, 2.05) is 0 Å². The highest BCUT2D eigenvalue weighted by molar-refractivity contribution is 5.77. The monoisotopic (exact) mass is 1490 g/mol. The van der Waals surface area contributed by atoms with Gasteiger partial charge in [0.25, 0.3) is 0 Å². The number of hydrogen-bond acceptors (Lipinski definition) is 5. The minimum atomic E-state index is -1.06. The van der Waals surface area contributed by atoms with E-state index in [4.69, 9.17) is 4.74 Å². The van der Waals surface area contributed by atoms with E-state index in [2.05, 4.69) is 126 Å². The van der Waals surface area contributed by atoms with Crippen LogP contribution in [-0.2, 0) is 14.3 Å². The predicted molar refractivity (Wildman–Crippen MR) is 470 cm³/mol. The third-order valence-corrected chi connectivity index (χ3v) is 27.6. The average molecular weight is 1490 g/mol. The minimum Gasteiger partial charge on any atom is -0.481 e. The van der Waals surface area contributed by atoms with Gasteiger partial charge in [-0.2, -0.15) is 0 Å². The molecule has 0 bridgehead atoms. The van der Waals surface area contributed by atoms with Gasteiger partial charge in [-0.3, -0.25) is 14.5 Å². The fraction of sp³-hybridized carbons (Fsp3) is 0.980. The quantitative estimate of drug-likeness (QED) is 0.0214. The van der Waals surface area contributed by atoms with Crippen molar-refractivity contribution in [1.82, 2.24) is 4.90 Å². The number of carbonyl (C=O) groups excluding carboxylic acids is 1. The number of carboxylic acid groups (broad SMARTS) is 1. The molecule has 0 aliphatic heterocycles. The Morgan fingerprint density at radius 2 is 0.594 bits per heavy atom. The molecule has 0 radical (unpaired) electrons. The zero-order valence-electron chi connectivity index (χ0n) is 75.3. The van der Waals surface area contributed by atoms with E-state index >= 15 is 4.79 Å². The van der Waals surface area contributed by atoms with Crippen LogP contribution >= 0.6 is 0 Å². The van der Waals surface area contributed by atoms with E-state index in [9.17, 15) is 15.4 Å². The van der Waals surface area contributed by atoms with Gasteiger partial charge >= 0.3 is 11.9 Å². The summed E-state index contributed by atoms with van der Waals surface area (Å²) in [5.74, 6) is 0.384. The number of carboxylic acids is 1. The summed E-state index contributed by atoms with van der Waals surface area (Å²) in [6.07, 6.45) is 76.7. The molecule has 8 unspecified atom stereocenters. The maximum absolute atomic E-state index is 17.5. The number of rotatable bonds is 83. The first-order chi connectivity index (χ1) is 51.5. The molecule has 0 amide bonds. The van der Waals surface area contributed by atoms with Gasteiger partial charge in [-0.05, 0) is 117 Å². The molecule has 630 valence electrons. The molecular formula is C98H194N4O4. The first-order valence-corrected chi connectivity index (χ1v) is 48.7. The highest BCUT2D eigenvalue weighted by Crippen LogP contribution is 2.78. The molecule has 0 fully saturated rings. The molecular weight excluding hydrogens is 1300 g/mol. The molecule has 8 heteroatoms. The first kappa shape index (κ1) is 104. The van der Waals surface area contributed by atoms with Crippen molar-refractivity contribution in [2.24, 2.45) is 62.8 Å². The summed E-state index contributed by atoms with van der Waals surface area (Å²) in [5, 5.41) is 18.8. The van der Waals surface area contributed by atoms with Crippen molar-refractivity contribution < 1.29 is 19.4 Å². The standard InChI is InChI=1S/C98H194N4O4/c1-17-26-34-42-50-51-52-60-71-85-106-93(103)80-69-61-70-83-102(84-72-82-100-101-99)95(81-25-9,86(10)73-62-53-43-35-27-18-2)97(89(13)76-65-56-46-38-30-21-5,90(14)77-66-57-47-39-31-22-6)98(91(15)78-67-58-48-40-32-23-7,92(16)79-68-59-49-41-33-24-8)96(94(104)105,87(11)74-63-54-44-36-28-19-3)88(12)75-64-55-45-37-29-20-4/h86-92H,17-85H2,1-16H3,(H,104,105). The van der Waals surface area contributed by atoms with Gasteiger partial charge in [0.1, 0.15) is 0 Å². The zero-order chi connectivity index (χ0) is 78.7. The molecule has 0 aromatic carbocycles. The highest BCUT2D eigenvalue weighted by atomic mass is 16.5. The lowest BCUT2D eigenvalue weighted by molar-refractivity contribution is -0.306. The lowest BCUT2D eigenvalue weighted by atomic mass is 9.27. The number of unbranched alkanes of at least 4 members (excludes halogenated alkanes) is 45. The second-order valence-corrected chi connectivity index (χ2v) is 35.9. The fourth-order valence-electron chi connectivity index (χ4n) is 22.4. The number of aliphatic carboxylic acids is 1. The summed E-state index contributed by atoms with van der Waals surface area (Å²) in [6, 6.07) is 0. The maximum atomic E-state index is 17.5. The van der Waals surface area contributed by atoms with E-state index < -0.39 is 27.8 Å². The van der Waals surface area contributed by atoms with Crippen molar-refractivity contribution in [1.29, 1.82) is 0 Å². The van der Waals surface area contributed by atoms with Crippen molar-refractivity contribution in [3.8, 4) is 0 Å². The third-order valence-electron chi connectivity index (χ3n) is 27.6. The van der Waals surface area contributed by atoms with Crippen molar-refractivity contribution in [3.63, 3.8) is 0 Å². The number of hydrogen-bond donors (Lipinski definition) is 1. The summed E-state index contributed by atoms with van der Waals surface area (Å²) in [6.45, 7) is 43.2.